The van der Waals surface area contributed by atoms with Crippen molar-refractivity contribution in [1.82, 2.24) is 29.5 Å². The lowest BCUT2D eigenvalue weighted by Gasteiger charge is -2.07. The van der Waals surface area contributed by atoms with Crippen LogP contribution in [0.3, 0.4) is 0 Å². The SMILES string of the molecule is Cn1ccnc1-c1nc2c([nH]1)-c1ccncc1Nc1ncccc1-2.O=C(O)C(F)(F)F.O=C(O)C(F)(F)F.O=C(O)C(F)(F)F. The van der Waals surface area contributed by atoms with E-state index >= 15 is 0 Å². The lowest BCUT2D eigenvalue weighted by molar-refractivity contribution is -0.193. The van der Waals surface area contributed by atoms with E-state index in [2.05, 4.69) is 25.3 Å². The van der Waals surface area contributed by atoms with Crippen LogP contribution in [-0.4, -0.2) is 81.2 Å². The zero-order valence-corrected chi connectivity index (χ0v) is 21.8. The number of fused-ring (bicyclic) bond motifs is 5. The molecular weight excluding hydrogens is 641 g/mol. The van der Waals surface area contributed by atoms with Gasteiger partial charge in [-0.2, -0.15) is 39.5 Å². The molecule has 0 aliphatic carbocycles. The van der Waals surface area contributed by atoms with Gasteiger partial charge in [-0.25, -0.2) is 29.3 Å². The van der Waals surface area contributed by atoms with Gasteiger partial charge < -0.3 is 30.2 Å². The molecule has 5 N–H and O–H groups in total. The third-order valence-corrected chi connectivity index (χ3v) is 4.87. The predicted octanol–water partition coefficient (Wildman–Crippen LogP) is 4.89. The number of imidazole rings is 2. The van der Waals surface area contributed by atoms with Crippen molar-refractivity contribution in [3.05, 3.63) is 49.2 Å². The standard InChI is InChI=1S/C17H13N7.3C2HF3O2/c1-24-8-7-20-17(24)16-22-13-10-4-6-18-9-12(10)21-15-11(14(13)23-16)3-2-5-19-15;3*3-2(4,5)1(6)7/h2-9H,1H3,(H,19,21)(H,22,23);3*(H,6,7). The number of aliphatic carboxylic acids is 3. The highest BCUT2D eigenvalue weighted by Gasteiger charge is 2.39. The number of H-pyrrole nitrogens is 1. The van der Waals surface area contributed by atoms with E-state index < -0.39 is 36.4 Å². The van der Waals surface area contributed by atoms with Crippen LogP contribution in [0.5, 0.6) is 0 Å². The van der Waals surface area contributed by atoms with Crippen molar-refractivity contribution < 1.29 is 69.2 Å². The van der Waals surface area contributed by atoms with Gasteiger partial charge in [0.15, 0.2) is 11.6 Å². The number of hydrogen-bond acceptors (Lipinski definition) is 8. The van der Waals surface area contributed by atoms with Crippen molar-refractivity contribution in [1.29, 1.82) is 0 Å². The topological polar surface area (TPSA) is 196 Å². The minimum absolute atomic E-state index is 0.729. The second-order valence-corrected chi connectivity index (χ2v) is 8.03. The molecular formula is C23H16F9N7O6. The number of nitrogens with one attached hydrogen (secondary N) is 2. The molecule has 5 rings (SSSR count). The van der Waals surface area contributed by atoms with E-state index in [1.165, 1.54) is 0 Å². The number of aromatic nitrogens is 6. The number of pyridine rings is 2. The summed E-state index contributed by atoms with van der Waals surface area (Å²) in [5.74, 6) is -5.99. The van der Waals surface area contributed by atoms with Crippen molar-refractivity contribution in [3.8, 4) is 34.2 Å². The Bertz CT molecular complexity index is 1540. The molecule has 0 spiro atoms. The van der Waals surface area contributed by atoms with Crippen molar-refractivity contribution >= 4 is 29.4 Å². The third-order valence-electron chi connectivity index (χ3n) is 4.87. The Morgan fingerprint density at radius 3 is 1.78 bits per heavy atom. The number of hydrogen-bond donors (Lipinski definition) is 5. The van der Waals surface area contributed by atoms with Crippen LogP contribution in [0.4, 0.5) is 51.0 Å². The highest BCUT2D eigenvalue weighted by molar-refractivity contribution is 5.95. The normalized spacial score (nSPS) is 11.6. The largest absolute Gasteiger partial charge is 0.490 e. The van der Waals surface area contributed by atoms with E-state index in [1.54, 1.807) is 24.8 Å². The Kier molecular flexibility index (Phi) is 10.8. The van der Waals surface area contributed by atoms with E-state index in [9.17, 15) is 39.5 Å². The molecule has 0 fully saturated rings. The van der Waals surface area contributed by atoms with Crippen molar-refractivity contribution in [2.75, 3.05) is 5.32 Å². The van der Waals surface area contributed by atoms with E-state index in [0.29, 0.717) is 0 Å². The molecule has 22 heteroatoms. The number of aromatic amines is 1. The highest BCUT2D eigenvalue weighted by atomic mass is 19.4. The minimum atomic E-state index is -5.08. The van der Waals surface area contributed by atoms with Gasteiger partial charge >= 0.3 is 36.4 Å². The molecule has 0 saturated carbocycles. The number of carboxylic acid groups (broad SMARTS) is 3. The molecule has 1 aliphatic heterocycles. The molecule has 13 nitrogen and oxygen atoms in total. The van der Waals surface area contributed by atoms with E-state index in [1.807, 2.05) is 36.0 Å². The maximum Gasteiger partial charge on any atom is 0.490 e. The summed E-state index contributed by atoms with van der Waals surface area (Å²) in [6.45, 7) is 0. The molecule has 242 valence electrons. The van der Waals surface area contributed by atoms with Gasteiger partial charge in [0, 0.05) is 43.0 Å². The zero-order chi connectivity index (χ0) is 34.3. The highest BCUT2D eigenvalue weighted by Crippen LogP contribution is 2.42. The molecule has 0 radical (unpaired) electrons. The first-order valence-electron chi connectivity index (χ1n) is 11.3. The zero-order valence-electron chi connectivity index (χ0n) is 21.8. The molecule has 4 aromatic heterocycles. The summed E-state index contributed by atoms with van der Waals surface area (Å²) >= 11 is 0. The summed E-state index contributed by atoms with van der Waals surface area (Å²) in [6.07, 6.45) is -6.26. The summed E-state index contributed by atoms with van der Waals surface area (Å²) < 4.78 is 97.1. The van der Waals surface area contributed by atoms with Crippen molar-refractivity contribution in [2.45, 2.75) is 18.5 Å². The van der Waals surface area contributed by atoms with Gasteiger partial charge in [-0.05, 0) is 18.2 Å². The fourth-order valence-electron chi connectivity index (χ4n) is 3.00. The fourth-order valence-corrected chi connectivity index (χ4v) is 3.00. The second kappa shape index (κ2) is 13.7. The van der Waals surface area contributed by atoms with Gasteiger partial charge in [-0.1, -0.05) is 0 Å². The number of alkyl halides is 9. The smallest absolute Gasteiger partial charge is 0.475 e. The van der Waals surface area contributed by atoms with Gasteiger partial charge in [0.05, 0.1) is 17.6 Å². The molecule has 45 heavy (non-hydrogen) atoms. The number of nitrogens with zero attached hydrogens (tertiary/aromatic N) is 5. The molecule has 0 atom stereocenters. The van der Waals surface area contributed by atoms with Gasteiger partial charge in [-0.3, -0.25) is 4.98 Å². The Labute approximate surface area is 243 Å². The third kappa shape index (κ3) is 9.65. The number of rotatable bonds is 1. The molecule has 0 amide bonds. The van der Waals surface area contributed by atoms with E-state index in [-0.39, 0.29) is 0 Å². The first kappa shape index (κ1) is 35.5. The van der Waals surface area contributed by atoms with Gasteiger partial charge in [0.25, 0.3) is 0 Å². The van der Waals surface area contributed by atoms with Crippen LogP contribution in [-0.2, 0) is 21.4 Å². The minimum Gasteiger partial charge on any atom is -0.475 e. The molecule has 0 aromatic carbocycles. The molecule has 0 unspecified atom stereocenters. The second-order valence-electron chi connectivity index (χ2n) is 8.03. The Morgan fingerprint density at radius 1 is 0.778 bits per heavy atom. The number of carboxylic acids is 3. The summed E-state index contributed by atoms with van der Waals surface area (Å²) in [4.78, 5) is 48.0. The van der Waals surface area contributed by atoms with Crippen LogP contribution >= 0.6 is 0 Å². The molecule has 0 saturated heterocycles. The summed E-state index contributed by atoms with van der Waals surface area (Å²) in [5, 5.41) is 24.7. The maximum atomic E-state index is 10.6. The summed E-state index contributed by atoms with van der Waals surface area (Å²) in [7, 11) is 1.95. The van der Waals surface area contributed by atoms with E-state index in [0.717, 1.165) is 45.7 Å². The van der Waals surface area contributed by atoms with Crippen LogP contribution < -0.4 is 5.32 Å². The number of carbonyl (C=O) groups is 3. The van der Waals surface area contributed by atoms with Gasteiger partial charge in [0.1, 0.15) is 11.5 Å². The van der Waals surface area contributed by atoms with Crippen LogP contribution in [0.15, 0.2) is 49.2 Å². The van der Waals surface area contributed by atoms with Gasteiger partial charge in [0.2, 0.25) is 0 Å². The average Bonchev–Trinajstić information content (AvgIpc) is 3.52. The molecule has 4 aromatic rings. The Morgan fingerprint density at radius 2 is 1.31 bits per heavy atom. The Hall–Kier alpha value is -5.70. The fraction of sp³-hybridized carbons (Fsp3) is 0.174. The number of aryl methyl sites for hydroxylation is 1. The molecule has 5 heterocycles. The lowest BCUT2D eigenvalue weighted by Crippen LogP contribution is -2.21. The molecule has 1 aliphatic rings. The van der Waals surface area contributed by atoms with Crippen molar-refractivity contribution in [3.63, 3.8) is 0 Å². The van der Waals surface area contributed by atoms with Crippen LogP contribution in [0.25, 0.3) is 34.2 Å². The van der Waals surface area contributed by atoms with E-state index in [4.69, 9.17) is 34.7 Å². The van der Waals surface area contributed by atoms with Crippen LogP contribution in [0.1, 0.15) is 0 Å². The first-order valence-corrected chi connectivity index (χ1v) is 11.3. The van der Waals surface area contributed by atoms with Crippen LogP contribution in [0, 0.1) is 0 Å². The quantitative estimate of drug-likeness (QED) is 0.154. The average molecular weight is 657 g/mol. The lowest BCUT2D eigenvalue weighted by atomic mass is 10.1. The predicted molar refractivity (Wildman–Crippen MR) is 132 cm³/mol. The maximum absolute atomic E-state index is 10.6. The molecule has 0 bridgehead atoms. The number of anilines is 2. The monoisotopic (exact) mass is 657 g/mol. The first-order chi connectivity index (χ1) is 20.6. The Balaban J connectivity index is 0.000000277. The summed E-state index contributed by atoms with van der Waals surface area (Å²) in [6, 6.07) is 5.89. The summed E-state index contributed by atoms with van der Waals surface area (Å²) in [5.41, 5.74) is 4.64. The van der Waals surface area contributed by atoms with Crippen molar-refractivity contribution in [2.24, 2.45) is 7.05 Å². The van der Waals surface area contributed by atoms with Gasteiger partial charge in [-0.15, -0.1) is 0 Å². The number of halogens is 9. The van der Waals surface area contributed by atoms with Crippen LogP contribution in [0.2, 0.25) is 0 Å².